The lowest BCUT2D eigenvalue weighted by Gasteiger charge is -2.19. The van der Waals surface area contributed by atoms with Crippen LogP contribution in [0, 0.1) is 0 Å². The topological polar surface area (TPSA) is 51.4 Å². The Balaban J connectivity index is 2.13. The zero-order valence-corrected chi connectivity index (χ0v) is 11.3. The Labute approximate surface area is 113 Å². The summed E-state index contributed by atoms with van der Waals surface area (Å²) >= 11 is 0. The Morgan fingerprint density at radius 1 is 1.21 bits per heavy atom. The van der Waals surface area contributed by atoms with Crippen LogP contribution in [0.3, 0.4) is 0 Å². The first kappa shape index (κ1) is 13.4. The summed E-state index contributed by atoms with van der Waals surface area (Å²) in [6.45, 7) is 1.27. The van der Waals surface area contributed by atoms with E-state index in [2.05, 4.69) is 16.0 Å². The van der Waals surface area contributed by atoms with Crippen molar-refractivity contribution >= 4 is 5.82 Å². The van der Waals surface area contributed by atoms with Gasteiger partial charge in [-0.15, -0.1) is 0 Å². The van der Waals surface area contributed by atoms with Crippen LogP contribution in [0.5, 0.6) is 5.75 Å². The molecule has 4 nitrogen and oxygen atoms in total. The Kier molecular flexibility index (Phi) is 4.36. The Hall–Kier alpha value is -2.07. The highest BCUT2D eigenvalue weighted by Crippen LogP contribution is 2.21. The van der Waals surface area contributed by atoms with Crippen LogP contribution >= 0.6 is 0 Å². The molecule has 0 unspecified atom stereocenters. The molecule has 2 aromatic rings. The van der Waals surface area contributed by atoms with Crippen molar-refractivity contribution in [3.05, 3.63) is 53.7 Å². The quantitative estimate of drug-likeness (QED) is 0.892. The number of aromatic nitrogens is 1. The van der Waals surface area contributed by atoms with Crippen molar-refractivity contribution in [1.29, 1.82) is 0 Å². The first-order chi connectivity index (χ1) is 9.24. The Morgan fingerprint density at radius 2 is 2.00 bits per heavy atom. The maximum Gasteiger partial charge on any atom is 0.128 e. The number of methoxy groups -OCH3 is 1. The number of ether oxygens (including phenoxy) is 1. The molecule has 0 amide bonds. The van der Waals surface area contributed by atoms with Crippen LogP contribution in [0.4, 0.5) is 5.82 Å². The molecule has 1 aromatic heterocycles. The third-order valence-corrected chi connectivity index (χ3v) is 3.04. The van der Waals surface area contributed by atoms with Crippen LogP contribution in [0.25, 0.3) is 0 Å². The van der Waals surface area contributed by atoms with Crippen LogP contribution in [0.1, 0.15) is 11.1 Å². The maximum absolute atomic E-state index is 5.57. The van der Waals surface area contributed by atoms with Gasteiger partial charge in [0.2, 0.25) is 0 Å². The van der Waals surface area contributed by atoms with Gasteiger partial charge in [0.1, 0.15) is 11.6 Å². The zero-order valence-electron chi connectivity index (χ0n) is 11.3. The lowest BCUT2D eigenvalue weighted by Crippen LogP contribution is -2.18. The second-order valence-corrected chi connectivity index (χ2v) is 4.40. The van der Waals surface area contributed by atoms with E-state index in [0.29, 0.717) is 6.54 Å². The maximum atomic E-state index is 5.57. The first-order valence-electron chi connectivity index (χ1n) is 6.22. The molecule has 100 valence electrons. The van der Waals surface area contributed by atoms with Crippen molar-refractivity contribution in [2.24, 2.45) is 5.73 Å². The Morgan fingerprint density at radius 3 is 2.63 bits per heavy atom. The lowest BCUT2D eigenvalue weighted by atomic mass is 10.2. The summed E-state index contributed by atoms with van der Waals surface area (Å²) in [6, 6.07) is 12.0. The van der Waals surface area contributed by atoms with Crippen molar-refractivity contribution in [3.8, 4) is 5.75 Å². The number of pyridine rings is 1. The molecule has 0 fully saturated rings. The molecular formula is C15H19N3O. The van der Waals surface area contributed by atoms with Crippen LogP contribution in [-0.4, -0.2) is 19.1 Å². The number of rotatable bonds is 5. The molecule has 2 N–H and O–H groups in total. The number of para-hydroxylation sites is 1. The van der Waals surface area contributed by atoms with E-state index in [0.717, 1.165) is 29.2 Å². The highest BCUT2D eigenvalue weighted by molar-refractivity contribution is 5.42. The molecule has 0 spiro atoms. The second kappa shape index (κ2) is 6.20. The number of hydrogen-bond acceptors (Lipinski definition) is 4. The number of hydrogen-bond donors (Lipinski definition) is 1. The Bertz CT molecular complexity index is 525. The van der Waals surface area contributed by atoms with Gasteiger partial charge in [0.25, 0.3) is 0 Å². The highest BCUT2D eigenvalue weighted by Gasteiger charge is 2.07. The van der Waals surface area contributed by atoms with E-state index < -0.39 is 0 Å². The van der Waals surface area contributed by atoms with Gasteiger partial charge in [0.15, 0.2) is 0 Å². The summed E-state index contributed by atoms with van der Waals surface area (Å²) in [6.07, 6.45) is 1.81. The SMILES string of the molecule is COc1ccccc1CN(C)c1ccc(CN)cn1. The fraction of sp³-hybridized carbons (Fsp3) is 0.267. The lowest BCUT2D eigenvalue weighted by molar-refractivity contribution is 0.409. The van der Waals surface area contributed by atoms with Crippen molar-refractivity contribution in [3.63, 3.8) is 0 Å². The van der Waals surface area contributed by atoms with E-state index in [1.54, 1.807) is 7.11 Å². The van der Waals surface area contributed by atoms with Crippen molar-refractivity contribution < 1.29 is 4.74 Å². The number of nitrogens with zero attached hydrogens (tertiary/aromatic N) is 2. The molecule has 0 radical (unpaired) electrons. The van der Waals surface area contributed by atoms with Gasteiger partial charge < -0.3 is 15.4 Å². The molecule has 0 atom stereocenters. The molecule has 0 saturated carbocycles. The van der Waals surface area contributed by atoms with E-state index in [1.165, 1.54) is 0 Å². The third-order valence-electron chi connectivity index (χ3n) is 3.04. The predicted octanol–water partition coefficient (Wildman–Crippen LogP) is 2.19. The molecule has 0 aliphatic carbocycles. The fourth-order valence-electron chi connectivity index (χ4n) is 1.93. The van der Waals surface area contributed by atoms with E-state index in [-0.39, 0.29) is 0 Å². The minimum Gasteiger partial charge on any atom is -0.496 e. The summed E-state index contributed by atoms with van der Waals surface area (Å²) in [5, 5.41) is 0. The molecule has 4 heteroatoms. The summed E-state index contributed by atoms with van der Waals surface area (Å²) in [7, 11) is 3.70. The van der Waals surface area contributed by atoms with E-state index in [9.17, 15) is 0 Å². The monoisotopic (exact) mass is 257 g/mol. The molecule has 0 aliphatic heterocycles. The van der Waals surface area contributed by atoms with Gasteiger partial charge in [0, 0.05) is 31.9 Å². The van der Waals surface area contributed by atoms with Crippen LogP contribution < -0.4 is 15.4 Å². The van der Waals surface area contributed by atoms with Gasteiger partial charge in [-0.25, -0.2) is 4.98 Å². The summed E-state index contributed by atoms with van der Waals surface area (Å²) in [5.74, 6) is 1.82. The molecule has 0 bridgehead atoms. The van der Waals surface area contributed by atoms with E-state index in [1.807, 2.05) is 43.6 Å². The summed E-state index contributed by atoms with van der Waals surface area (Å²) in [4.78, 5) is 6.49. The second-order valence-electron chi connectivity index (χ2n) is 4.40. The molecular weight excluding hydrogens is 238 g/mol. The normalized spacial score (nSPS) is 10.3. The molecule has 0 saturated heterocycles. The molecule has 1 heterocycles. The van der Waals surface area contributed by atoms with Gasteiger partial charge >= 0.3 is 0 Å². The number of anilines is 1. The average molecular weight is 257 g/mol. The standard InChI is InChI=1S/C15H19N3O/c1-18(15-8-7-12(9-16)10-17-15)11-13-5-3-4-6-14(13)19-2/h3-8,10H,9,11,16H2,1-2H3. The summed E-state index contributed by atoms with van der Waals surface area (Å²) < 4.78 is 5.35. The van der Waals surface area contributed by atoms with Gasteiger partial charge in [-0.05, 0) is 17.7 Å². The van der Waals surface area contributed by atoms with Crippen molar-refractivity contribution in [1.82, 2.24) is 4.98 Å². The number of benzene rings is 1. The molecule has 2 rings (SSSR count). The number of nitrogens with two attached hydrogens (primary N) is 1. The molecule has 1 aromatic carbocycles. The minimum absolute atomic E-state index is 0.517. The van der Waals surface area contributed by atoms with Gasteiger partial charge in [0.05, 0.1) is 7.11 Å². The fourth-order valence-corrected chi connectivity index (χ4v) is 1.93. The largest absolute Gasteiger partial charge is 0.496 e. The molecule has 19 heavy (non-hydrogen) atoms. The summed E-state index contributed by atoms with van der Waals surface area (Å²) in [5.41, 5.74) is 7.74. The average Bonchev–Trinajstić information content (AvgIpc) is 2.48. The molecule has 0 aliphatic rings. The van der Waals surface area contributed by atoms with Crippen LogP contribution in [0.15, 0.2) is 42.6 Å². The van der Waals surface area contributed by atoms with Crippen molar-refractivity contribution in [2.45, 2.75) is 13.1 Å². The third kappa shape index (κ3) is 3.23. The van der Waals surface area contributed by atoms with E-state index >= 15 is 0 Å². The predicted molar refractivity (Wildman–Crippen MR) is 77.2 cm³/mol. The van der Waals surface area contributed by atoms with Gasteiger partial charge in [-0.1, -0.05) is 24.3 Å². The van der Waals surface area contributed by atoms with Crippen molar-refractivity contribution in [2.75, 3.05) is 19.1 Å². The van der Waals surface area contributed by atoms with E-state index in [4.69, 9.17) is 10.5 Å². The van der Waals surface area contributed by atoms with Gasteiger partial charge in [-0.3, -0.25) is 0 Å². The zero-order chi connectivity index (χ0) is 13.7. The minimum atomic E-state index is 0.517. The van der Waals surface area contributed by atoms with Gasteiger partial charge in [-0.2, -0.15) is 0 Å². The smallest absolute Gasteiger partial charge is 0.128 e. The highest BCUT2D eigenvalue weighted by atomic mass is 16.5. The van der Waals surface area contributed by atoms with Crippen LogP contribution in [0.2, 0.25) is 0 Å². The van der Waals surface area contributed by atoms with Crippen LogP contribution in [-0.2, 0) is 13.1 Å². The first-order valence-corrected chi connectivity index (χ1v) is 6.22.